The third-order valence-electron chi connectivity index (χ3n) is 4.25. The first kappa shape index (κ1) is 17.5. The average Bonchev–Trinajstić information content (AvgIpc) is 2.74. The molecule has 138 valence electrons. The number of ether oxygens (including phenoxy) is 1. The van der Waals surface area contributed by atoms with Crippen LogP contribution < -0.4 is 10.2 Å². The Bertz CT molecular complexity index is 1140. The maximum atomic E-state index is 10.2. The summed E-state index contributed by atoms with van der Waals surface area (Å²) in [7, 11) is 1.63. The maximum absolute atomic E-state index is 10.2. The number of aromatic hydroxyl groups is 1. The van der Waals surface area contributed by atoms with Crippen molar-refractivity contribution in [1.82, 2.24) is 9.97 Å². The summed E-state index contributed by atoms with van der Waals surface area (Å²) in [5, 5.41) is 15.3. The molecule has 28 heavy (non-hydrogen) atoms. The van der Waals surface area contributed by atoms with Gasteiger partial charge in [-0.05, 0) is 54.1 Å². The number of phenolic OH excluding ortho intramolecular Hbond substituents is 1. The molecule has 0 saturated carbocycles. The number of nitrogens with one attached hydrogen (secondary N) is 1. The van der Waals surface area contributed by atoms with Gasteiger partial charge in [0.25, 0.3) is 0 Å². The van der Waals surface area contributed by atoms with E-state index >= 15 is 0 Å². The van der Waals surface area contributed by atoms with Crippen LogP contribution in [0.1, 0.15) is 5.56 Å². The van der Waals surface area contributed by atoms with Crippen molar-refractivity contribution in [3.63, 3.8) is 0 Å². The lowest BCUT2D eigenvalue weighted by molar-refractivity contribution is 0.415. The first-order valence-corrected chi connectivity index (χ1v) is 8.73. The van der Waals surface area contributed by atoms with Crippen molar-refractivity contribution >= 4 is 22.9 Å². The fourth-order valence-electron chi connectivity index (χ4n) is 2.80. The molecule has 6 heteroatoms. The van der Waals surface area contributed by atoms with Crippen LogP contribution in [0.5, 0.6) is 11.5 Å². The first-order chi connectivity index (χ1) is 13.7. The molecule has 0 aliphatic carbocycles. The van der Waals surface area contributed by atoms with Crippen LogP contribution in [0.15, 0.2) is 77.9 Å². The van der Waals surface area contributed by atoms with Gasteiger partial charge in [-0.3, -0.25) is 5.43 Å². The van der Waals surface area contributed by atoms with Gasteiger partial charge in [-0.15, -0.1) is 0 Å². The molecule has 1 aromatic heterocycles. The molecule has 0 aliphatic rings. The van der Waals surface area contributed by atoms with Crippen LogP contribution in [0.2, 0.25) is 0 Å². The summed E-state index contributed by atoms with van der Waals surface area (Å²) in [5.41, 5.74) is 5.25. The summed E-state index contributed by atoms with van der Waals surface area (Å²) in [6.07, 6.45) is 1.70. The van der Waals surface area contributed by atoms with E-state index in [2.05, 4.69) is 20.5 Å². The summed E-state index contributed by atoms with van der Waals surface area (Å²) >= 11 is 0. The van der Waals surface area contributed by atoms with E-state index in [1.54, 1.807) is 31.5 Å². The van der Waals surface area contributed by atoms with Crippen molar-refractivity contribution in [2.75, 3.05) is 12.5 Å². The van der Waals surface area contributed by atoms with Crippen LogP contribution >= 0.6 is 0 Å². The predicted octanol–water partition coefficient (Wildman–Crippen LogP) is 4.46. The minimum Gasteiger partial charge on any atom is -0.507 e. The third kappa shape index (κ3) is 3.61. The van der Waals surface area contributed by atoms with Crippen molar-refractivity contribution in [1.29, 1.82) is 0 Å². The largest absolute Gasteiger partial charge is 0.507 e. The van der Waals surface area contributed by atoms with E-state index < -0.39 is 0 Å². The molecule has 0 spiro atoms. The molecule has 0 bridgehead atoms. The second kappa shape index (κ2) is 7.75. The molecule has 0 amide bonds. The molecule has 0 radical (unpaired) electrons. The van der Waals surface area contributed by atoms with Gasteiger partial charge in [-0.2, -0.15) is 5.10 Å². The van der Waals surface area contributed by atoms with Gasteiger partial charge >= 0.3 is 0 Å². The quantitative estimate of drug-likeness (QED) is 0.401. The minimum atomic E-state index is 0.130. The summed E-state index contributed by atoms with van der Waals surface area (Å²) < 4.78 is 5.16. The molecular weight excluding hydrogens is 352 g/mol. The number of hydrogen-bond acceptors (Lipinski definition) is 6. The van der Waals surface area contributed by atoms with Crippen molar-refractivity contribution < 1.29 is 9.84 Å². The maximum Gasteiger partial charge on any atom is 0.165 e. The Balaban J connectivity index is 1.69. The molecule has 0 unspecified atom stereocenters. The number of methoxy groups -OCH3 is 1. The Hall–Kier alpha value is -3.93. The van der Waals surface area contributed by atoms with E-state index in [9.17, 15) is 5.11 Å². The zero-order valence-electron chi connectivity index (χ0n) is 15.2. The normalized spacial score (nSPS) is 11.0. The highest BCUT2D eigenvalue weighted by Crippen LogP contribution is 2.29. The monoisotopic (exact) mass is 370 g/mol. The Morgan fingerprint density at radius 1 is 0.929 bits per heavy atom. The van der Waals surface area contributed by atoms with Gasteiger partial charge < -0.3 is 9.84 Å². The number of hydrazone groups is 1. The second-order valence-electron chi connectivity index (χ2n) is 6.07. The SMILES string of the molecule is COc1ccc(C=NNc2nc(-c3ccccc3O)nc3ccccc23)cc1. The molecule has 1 heterocycles. The van der Waals surface area contributed by atoms with Crippen LogP contribution in [0, 0.1) is 0 Å². The number of anilines is 1. The number of nitrogens with zero attached hydrogens (tertiary/aromatic N) is 3. The smallest absolute Gasteiger partial charge is 0.165 e. The van der Waals surface area contributed by atoms with E-state index in [1.165, 1.54) is 0 Å². The average molecular weight is 370 g/mol. The molecule has 6 nitrogen and oxygen atoms in total. The highest BCUT2D eigenvalue weighted by atomic mass is 16.5. The second-order valence-corrected chi connectivity index (χ2v) is 6.07. The summed E-state index contributed by atoms with van der Waals surface area (Å²) in [4.78, 5) is 9.15. The lowest BCUT2D eigenvalue weighted by Crippen LogP contribution is -1.99. The number of fused-ring (bicyclic) bond motifs is 1. The zero-order valence-corrected chi connectivity index (χ0v) is 15.2. The highest BCUT2D eigenvalue weighted by Gasteiger charge is 2.11. The predicted molar refractivity (Wildman–Crippen MR) is 111 cm³/mol. The molecular formula is C22H18N4O2. The first-order valence-electron chi connectivity index (χ1n) is 8.73. The topological polar surface area (TPSA) is 79.6 Å². The van der Waals surface area contributed by atoms with Crippen molar-refractivity contribution in [2.45, 2.75) is 0 Å². The van der Waals surface area contributed by atoms with Gasteiger partial charge in [-0.25, -0.2) is 9.97 Å². The van der Waals surface area contributed by atoms with Crippen LogP contribution in [0.25, 0.3) is 22.3 Å². The number of phenols is 1. The van der Waals surface area contributed by atoms with E-state index in [-0.39, 0.29) is 5.75 Å². The zero-order chi connectivity index (χ0) is 19.3. The Morgan fingerprint density at radius 3 is 2.46 bits per heavy atom. The van der Waals surface area contributed by atoms with Gasteiger partial charge in [0.05, 0.1) is 24.4 Å². The molecule has 4 aromatic rings. The number of hydrogen-bond donors (Lipinski definition) is 2. The van der Waals surface area contributed by atoms with E-state index in [0.717, 1.165) is 22.2 Å². The fourth-order valence-corrected chi connectivity index (χ4v) is 2.80. The lowest BCUT2D eigenvalue weighted by atomic mass is 10.1. The van der Waals surface area contributed by atoms with Gasteiger partial charge in [0.2, 0.25) is 0 Å². The van der Waals surface area contributed by atoms with Crippen LogP contribution in [0.3, 0.4) is 0 Å². The van der Waals surface area contributed by atoms with E-state index in [4.69, 9.17) is 4.74 Å². The summed E-state index contributed by atoms with van der Waals surface area (Å²) in [6.45, 7) is 0. The minimum absolute atomic E-state index is 0.130. The van der Waals surface area contributed by atoms with Gasteiger partial charge in [0, 0.05) is 5.39 Å². The van der Waals surface area contributed by atoms with Crippen molar-refractivity contribution in [3.05, 3.63) is 78.4 Å². The molecule has 0 atom stereocenters. The van der Waals surface area contributed by atoms with Crippen molar-refractivity contribution in [2.24, 2.45) is 5.10 Å². The van der Waals surface area contributed by atoms with Crippen LogP contribution in [0.4, 0.5) is 5.82 Å². The third-order valence-corrected chi connectivity index (χ3v) is 4.25. The number of rotatable bonds is 5. The van der Waals surface area contributed by atoms with Gasteiger partial charge in [0.15, 0.2) is 11.6 Å². The Kier molecular flexibility index (Phi) is 4.84. The summed E-state index contributed by atoms with van der Waals surface area (Å²) in [5.74, 6) is 1.91. The van der Waals surface area contributed by atoms with Gasteiger partial charge in [0.1, 0.15) is 11.5 Å². The Labute approximate surface area is 162 Å². The standard InChI is InChI=1S/C22H18N4O2/c1-28-16-12-10-15(11-13-16)14-23-26-22-17-6-2-4-8-19(17)24-21(25-22)18-7-3-5-9-20(18)27/h2-14,27H,1H3,(H,24,25,26). The molecule has 0 aliphatic heterocycles. The van der Waals surface area contributed by atoms with E-state index in [0.29, 0.717) is 17.2 Å². The molecule has 4 rings (SSSR count). The number of para-hydroxylation sites is 2. The lowest BCUT2D eigenvalue weighted by Gasteiger charge is -2.09. The number of benzene rings is 3. The van der Waals surface area contributed by atoms with E-state index in [1.807, 2.05) is 54.6 Å². The molecule has 0 saturated heterocycles. The molecule has 0 fully saturated rings. The number of aromatic nitrogens is 2. The van der Waals surface area contributed by atoms with Crippen LogP contribution in [-0.2, 0) is 0 Å². The summed E-state index contributed by atoms with van der Waals surface area (Å²) in [6, 6.07) is 22.2. The molecule has 3 aromatic carbocycles. The Morgan fingerprint density at radius 2 is 1.68 bits per heavy atom. The van der Waals surface area contributed by atoms with Crippen LogP contribution in [-0.4, -0.2) is 28.4 Å². The van der Waals surface area contributed by atoms with Crippen molar-refractivity contribution in [3.8, 4) is 22.9 Å². The highest BCUT2D eigenvalue weighted by molar-refractivity contribution is 5.91. The molecule has 2 N–H and O–H groups in total. The van der Waals surface area contributed by atoms with Gasteiger partial charge in [-0.1, -0.05) is 24.3 Å². The fraction of sp³-hybridized carbons (Fsp3) is 0.0455.